The number of aryl methyl sites for hydroxylation is 2. The minimum absolute atomic E-state index is 0.0386. The van der Waals surface area contributed by atoms with Gasteiger partial charge in [0.25, 0.3) is 0 Å². The number of likely N-dealkylation sites (N-methyl/N-ethyl adjacent to an activating group) is 1. The van der Waals surface area contributed by atoms with Crippen molar-refractivity contribution in [2.45, 2.75) is 25.8 Å². The van der Waals surface area contributed by atoms with E-state index in [-0.39, 0.29) is 23.8 Å². The van der Waals surface area contributed by atoms with Crippen molar-refractivity contribution in [1.82, 2.24) is 19.7 Å². The van der Waals surface area contributed by atoms with Gasteiger partial charge in [0.1, 0.15) is 0 Å². The minimum Gasteiger partial charge on any atom is -0.342 e. The number of aromatic nitrogens is 1. The van der Waals surface area contributed by atoms with Crippen LogP contribution >= 0.6 is 0 Å². The molecular weight excluding hydrogens is 388 g/mol. The van der Waals surface area contributed by atoms with E-state index in [4.69, 9.17) is 0 Å². The highest BCUT2D eigenvalue weighted by Gasteiger charge is 2.50. The van der Waals surface area contributed by atoms with Crippen molar-refractivity contribution in [3.63, 3.8) is 0 Å². The Labute approximate surface area is 184 Å². The molecule has 3 heterocycles. The van der Waals surface area contributed by atoms with E-state index in [0.29, 0.717) is 18.9 Å². The zero-order valence-electron chi connectivity index (χ0n) is 18.7. The van der Waals surface area contributed by atoms with Crippen molar-refractivity contribution in [3.8, 4) is 0 Å². The van der Waals surface area contributed by atoms with Crippen LogP contribution in [0.5, 0.6) is 0 Å². The summed E-state index contributed by atoms with van der Waals surface area (Å²) in [5.41, 5.74) is 3.56. The molecule has 1 aromatic heterocycles. The summed E-state index contributed by atoms with van der Waals surface area (Å²) in [5.74, 6) is 1.00. The van der Waals surface area contributed by atoms with Crippen molar-refractivity contribution in [2.75, 3.05) is 40.3 Å². The van der Waals surface area contributed by atoms with Crippen LogP contribution in [0.2, 0.25) is 0 Å². The lowest BCUT2D eigenvalue weighted by Gasteiger charge is -2.31. The van der Waals surface area contributed by atoms with E-state index in [9.17, 15) is 9.59 Å². The molecule has 2 saturated heterocycles. The highest BCUT2D eigenvalue weighted by atomic mass is 16.2. The third kappa shape index (κ3) is 4.64. The molecule has 2 amide bonds. The Kier molecular flexibility index (Phi) is 6.37. The van der Waals surface area contributed by atoms with Crippen LogP contribution in [0.4, 0.5) is 0 Å². The largest absolute Gasteiger partial charge is 0.342 e. The quantitative estimate of drug-likeness (QED) is 0.721. The fraction of sp³-hybridized carbons (Fsp3) is 0.480. The van der Waals surface area contributed by atoms with Crippen LogP contribution in [0.3, 0.4) is 0 Å². The molecule has 164 valence electrons. The second kappa shape index (κ2) is 9.18. The minimum atomic E-state index is 0.0386. The van der Waals surface area contributed by atoms with Gasteiger partial charge in [-0.05, 0) is 56.3 Å². The van der Waals surface area contributed by atoms with E-state index in [1.165, 1.54) is 11.1 Å². The standard InChI is InChI=1S/C25H32N4O2/c1-18-6-4-5-7-21(18)25-22-16-28(23(30)9-8-19-10-12-26-13-11-19)14-20(22)15-29(25)24(31)17-27(2)3/h4-7,10-13,20,22,25H,8-9,14-17H2,1-3H3/t20-,22-,25+/m1/s1. The summed E-state index contributed by atoms with van der Waals surface area (Å²) >= 11 is 0. The van der Waals surface area contributed by atoms with Crippen LogP contribution in [-0.4, -0.2) is 71.8 Å². The van der Waals surface area contributed by atoms with E-state index in [1.54, 1.807) is 12.4 Å². The lowest BCUT2D eigenvalue weighted by Crippen LogP contribution is -2.41. The van der Waals surface area contributed by atoms with Gasteiger partial charge in [0.15, 0.2) is 0 Å². The molecule has 3 atom stereocenters. The number of rotatable bonds is 6. The molecular formula is C25H32N4O2. The maximum atomic E-state index is 13.1. The summed E-state index contributed by atoms with van der Waals surface area (Å²) in [4.78, 5) is 36.1. The van der Waals surface area contributed by atoms with Crippen LogP contribution in [0, 0.1) is 18.8 Å². The summed E-state index contributed by atoms with van der Waals surface area (Å²) in [7, 11) is 3.86. The second-order valence-corrected chi connectivity index (χ2v) is 9.16. The molecule has 2 aromatic rings. The lowest BCUT2D eigenvalue weighted by atomic mass is 9.87. The number of carbonyl (C=O) groups excluding carboxylic acids is 2. The van der Waals surface area contributed by atoms with Gasteiger partial charge in [-0.15, -0.1) is 0 Å². The molecule has 0 aliphatic carbocycles. The van der Waals surface area contributed by atoms with Gasteiger partial charge in [0.05, 0.1) is 12.6 Å². The summed E-state index contributed by atoms with van der Waals surface area (Å²) in [6, 6.07) is 12.3. The summed E-state index contributed by atoms with van der Waals surface area (Å²) < 4.78 is 0. The fourth-order valence-electron chi connectivity index (χ4n) is 5.14. The van der Waals surface area contributed by atoms with Crippen molar-refractivity contribution in [3.05, 3.63) is 65.5 Å². The number of benzene rings is 1. The molecule has 1 aromatic carbocycles. The van der Waals surface area contributed by atoms with Gasteiger partial charge in [-0.2, -0.15) is 0 Å². The number of nitrogens with zero attached hydrogens (tertiary/aromatic N) is 4. The number of likely N-dealkylation sites (tertiary alicyclic amines) is 2. The molecule has 0 saturated carbocycles. The molecule has 6 nitrogen and oxygen atoms in total. The first kappa shape index (κ1) is 21.5. The molecule has 0 radical (unpaired) electrons. The molecule has 6 heteroatoms. The topological polar surface area (TPSA) is 56.8 Å². The van der Waals surface area contributed by atoms with Gasteiger partial charge in [-0.25, -0.2) is 0 Å². The zero-order chi connectivity index (χ0) is 22.0. The van der Waals surface area contributed by atoms with Crippen LogP contribution in [0.25, 0.3) is 0 Å². The highest BCUT2D eigenvalue weighted by Crippen LogP contribution is 2.46. The van der Waals surface area contributed by atoms with E-state index in [1.807, 2.05) is 42.1 Å². The first-order valence-electron chi connectivity index (χ1n) is 11.1. The van der Waals surface area contributed by atoms with Gasteiger partial charge in [0.2, 0.25) is 11.8 Å². The molecule has 2 aliphatic heterocycles. The molecule has 4 rings (SSSR count). The first-order chi connectivity index (χ1) is 14.9. The Bertz CT molecular complexity index is 930. The van der Waals surface area contributed by atoms with E-state index in [2.05, 4.69) is 35.0 Å². The Morgan fingerprint density at radius 2 is 1.77 bits per heavy atom. The summed E-state index contributed by atoms with van der Waals surface area (Å²) in [6.45, 7) is 4.73. The van der Waals surface area contributed by atoms with Gasteiger partial charge < -0.3 is 14.7 Å². The fourth-order valence-corrected chi connectivity index (χ4v) is 5.14. The van der Waals surface area contributed by atoms with E-state index < -0.39 is 0 Å². The molecule has 0 unspecified atom stereocenters. The number of hydrogen-bond donors (Lipinski definition) is 0. The Morgan fingerprint density at radius 1 is 1.03 bits per heavy atom. The Balaban J connectivity index is 1.49. The predicted octanol–water partition coefficient (Wildman–Crippen LogP) is 2.54. The maximum absolute atomic E-state index is 13.1. The molecule has 0 spiro atoms. The summed E-state index contributed by atoms with van der Waals surface area (Å²) in [5, 5.41) is 0. The van der Waals surface area contributed by atoms with Crippen LogP contribution in [0.1, 0.15) is 29.2 Å². The summed E-state index contributed by atoms with van der Waals surface area (Å²) in [6.07, 6.45) is 4.79. The van der Waals surface area contributed by atoms with Crippen LogP contribution in [-0.2, 0) is 16.0 Å². The van der Waals surface area contributed by atoms with Gasteiger partial charge in [0, 0.05) is 50.3 Å². The van der Waals surface area contributed by atoms with Crippen LogP contribution in [0.15, 0.2) is 48.8 Å². The maximum Gasteiger partial charge on any atom is 0.237 e. The molecule has 0 bridgehead atoms. The number of fused-ring (bicyclic) bond motifs is 1. The average Bonchev–Trinajstić information content (AvgIpc) is 3.31. The molecule has 31 heavy (non-hydrogen) atoms. The van der Waals surface area contributed by atoms with Crippen molar-refractivity contribution in [2.24, 2.45) is 11.8 Å². The van der Waals surface area contributed by atoms with Crippen LogP contribution < -0.4 is 0 Å². The van der Waals surface area contributed by atoms with E-state index >= 15 is 0 Å². The Hall–Kier alpha value is -2.73. The third-order valence-corrected chi connectivity index (χ3v) is 6.67. The molecule has 2 aliphatic rings. The third-order valence-electron chi connectivity index (χ3n) is 6.67. The van der Waals surface area contributed by atoms with Gasteiger partial charge >= 0.3 is 0 Å². The predicted molar refractivity (Wildman–Crippen MR) is 120 cm³/mol. The molecule has 0 N–H and O–H groups in total. The van der Waals surface area contributed by atoms with E-state index in [0.717, 1.165) is 31.6 Å². The van der Waals surface area contributed by atoms with Gasteiger partial charge in [-0.3, -0.25) is 14.6 Å². The first-order valence-corrected chi connectivity index (χ1v) is 11.1. The number of hydrogen-bond acceptors (Lipinski definition) is 4. The monoisotopic (exact) mass is 420 g/mol. The number of amides is 2. The van der Waals surface area contributed by atoms with Crippen molar-refractivity contribution in [1.29, 1.82) is 0 Å². The van der Waals surface area contributed by atoms with Gasteiger partial charge in [-0.1, -0.05) is 24.3 Å². The SMILES string of the molecule is Cc1ccccc1[C@H]1[C@@H]2CN(C(=O)CCc3ccncc3)C[C@@H]2CN1C(=O)CN(C)C. The lowest BCUT2D eigenvalue weighted by molar-refractivity contribution is -0.134. The average molecular weight is 421 g/mol. The van der Waals surface area contributed by atoms with Crippen molar-refractivity contribution < 1.29 is 9.59 Å². The zero-order valence-corrected chi connectivity index (χ0v) is 18.7. The number of carbonyl (C=O) groups is 2. The second-order valence-electron chi connectivity index (χ2n) is 9.16. The highest BCUT2D eigenvalue weighted by molar-refractivity contribution is 5.80. The normalized spacial score (nSPS) is 22.8. The smallest absolute Gasteiger partial charge is 0.237 e. The molecule has 2 fully saturated rings. The van der Waals surface area contributed by atoms with Crippen molar-refractivity contribution >= 4 is 11.8 Å². The number of pyridine rings is 1. The Morgan fingerprint density at radius 3 is 2.48 bits per heavy atom.